The van der Waals surface area contributed by atoms with Crippen LogP contribution in [0.4, 0.5) is 19.7 Å². The van der Waals surface area contributed by atoms with Crippen molar-refractivity contribution in [1.29, 1.82) is 5.26 Å². The lowest BCUT2D eigenvalue weighted by atomic mass is 9.90. The van der Waals surface area contributed by atoms with E-state index in [1.165, 1.54) is 12.1 Å². The van der Waals surface area contributed by atoms with Crippen LogP contribution in [0.25, 0.3) is 0 Å². The zero-order valence-electron chi connectivity index (χ0n) is 23.0. The van der Waals surface area contributed by atoms with Crippen molar-refractivity contribution < 1.29 is 18.7 Å². The van der Waals surface area contributed by atoms with Gasteiger partial charge in [0.25, 0.3) is 0 Å². The minimum Gasteiger partial charge on any atom is -0.444 e. The second kappa shape index (κ2) is 12.5. The number of nitrogens with zero attached hydrogens (tertiary/aromatic N) is 4. The highest BCUT2D eigenvalue weighted by molar-refractivity contribution is 5.89. The van der Waals surface area contributed by atoms with Crippen LogP contribution < -0.4 is 5.32 Å². The van der Waals surface area contributed by atoms with Crippen LogP contribution in [-0.4, -0.2) is 77.7 Å². The van der Waals surface area contributed by atoms with Gasteiger partial charge in [0.2, 0.25) is 0 Å². The van der Waals surface area contributed by atoms with Gasteiger partial charge in [-0.1, -0.05) is 18.2 Å². The number of nitrogens with one attached hydrogen (secondary N) is 1. The summed E-state index contributed by atoms with van der Waals surface area (Å²) in [4.78, 5) is 32.0. The summed E-state index contributed by atoms with van der Waals surface area (Å²) >= 11 is 0. The molecule has 2 saturated heterocycles. The average molecular weight is 536 g/mol. The van der Waals surface area contributed by atoms with E-state index in [4.69, 9.17) is 10.00 Å². The van der Waals surface area contributed by atoms with E-state index >= 15 is 0 Å². The molecule has 4 rings (SSSR count). The van der Waals surface area contributed by atoms with Crippen LogP contribution in [-0.2, 0) is 11.2 Å². The number of piperazine rings is 1. The molecule has 0 aromatic heterocycles. The topological polar surface area (TPSA) is 88.9 Å². The van der Waals surface area contributed by atoms with Gasteiger partial charge in [0.15, 0.2) is 0 Å². The lowest BCUT2D eigenvalue weighted by molar-refractivity contribution is -0.00399. The highest BCUT2D eigenvalue weighted by atomic mass is 19.1. The number of carbonyl (C=O) groups excluding carboxylic acids is 2. The number of piperidine rings is 1. The third-order valence-corrected chi connectivity index (χ3v) is 7.25. The molecule has 208 valence electrons. The Bertz CT molecular complexity index is 1180. The van der Waals surface area contributed by atoms with Gasteiger partial charge in [0.05, 0.1) is 17.7 Å². The molecule has 1 N–H and O–H groups in total. The molecule has 0 aliphatic carbocycles. The molecular formula is C30H38FN5O3. The second-order valence-corrected chi connectivity index (χ2v) is 11.5. The van der Waals surface area contributed by atoms with Gasteiger partial charge in [0, 0.05) is 31.9 Å². The van der Waals surface area contributed by atoms with Crippen molar-refractivity contribution in [3.63, 3.8) is 0 Å². The zero-order valence-corrected chi connectivity index (χ0v) is 23.0. The van der Waals surface area contributed by atoms with Crippen molar-refractivity contribution in [3.8, 4) is 6.07 Å². The maximum absolute atomic E-state index is 13.3. The largest absolute Gasteiger partial charge is 0.444 e. The molecule has 9 heteroatoms. The minimum atomic E-state index is -0.611. The standard InChI is InChI=1S/C30H38FN5O3/c1-30(2,3)39-29(38)36-16-15-35(28(37)33-26-6-4-5-24(18-26)19-32)21-27(36)20-34-13-11-23(12-14-34)17-22-7-9-25(31)10-8-22/h4-10,18,23,27H,11-17,20-21H2,1-3H3,(H,33,37). The number of rotatable bonds is 5. The highest BCUT2D eigenvalue weighted by Gasteiger charge is 2.36. The number of hydrogen-bond donors (Lipinski definition) is 1. The minimum absolute atomic E-state index is 0.210. The lowest BCUT2D eigenvalue weighted by Crippen LogP contribution is -2.61. The van der Waals surface area contributed by atoms with Crippen LogP contribution in [0.5, 0.6) is 0 Å². The van der Waals surface area contributed by atoms with Gasteiger partial charge in [-0.2, -0.15) is 5.26 Å². The van der Waals surface area contributed by atoms with E-state index < -0.39 is 5.60 Å². The Kier molecular flexibility index (Phi) is 9.08. The molecule has 0 bridgehead atoms. The second-order valence-electron chi connectivity index (χ2n) is 11.5. The van der Waals surface area contributed by atoms with E-state index in [0.717, 1.165) is 37.9 Å². The molecule has 2 fully saturated rings. The van der Waals surface area contributed by atoms with E-state index in [9.17, 15) is 14.0 Å². The van der Waals surface area contributed by atoms with Crippen LogP contribution in [0.1, 0.15) is 44.7 Å². The smallest absolute Gasteiger partial charge is 0.410 e. The number of carbonyl (C=O) groups is 2. The van der Waals surface area contributed by atoms with Crippen LogP contribution >= 0.6 is 0 Å². The molecule has 0 radical (unpaired) electrons. The summed E-state index contributed by atoms with van der Waals surface area (Å²) in [6, 6.07) is 15.2. The molecule has 3 amide bonds. The van der Waals surface area contributed by atoms with Gasteiger partial charge in [-0.3, -0.25) is 0 Å². The molecule has 2 heterocycles. The predicted molar refractivity (Wildman–Crippen MR) is 148 cm³/mol. The van der Waals surface area contributed by atoms with Gasteiger partial charge in [0.1, 0.15) is 11.4 Å². The predicted octanol–water partition coefficient (Wildman–Crippen LogP) is 5.11. The summed E-state index contributed by atoms with van der Waals surface area (Å²) < 4.78 is 18.9. The van der Waals surface area contributed by atoms with E-state index in [1.54, 1.807) is 34.1 Å². The van der Waals surface area contributed by atoms with Crippen molar-refractivity contribution in [2.24, 2.45) is 5.92 Å². The molecule has 0 spiro atoms. The van der Waals surface area contributed by atoms with Crippen LogP contribution in [0.15, 0.2) is 48.5 Å². The normalized spacial score (nSPS) is 18.9. The van der Waals surface area contributed by atoms with Crippen molar-refractivity contribution in [2.45, 2.75) is 51.7 Å². The van der Waals surface area contributed by atoms with E-state index in [2.05, 4.69) is 16.3 Å². The summed E-state index contributed by atoms with van der Waals surface area (Å²) in [5.74, 6) is 0.320. The molecule has 1 atom stereocenters. The molecule has 2 aromatic carbocycles. The van der Waals surface area contributed by atoms with Gasteiger partial charge >= 0.3 is 12.1 Å². The Hall–Kier alpha value is -3.64. The molecule has 2 aliphatic rings. The van der Waals surface area contributed by atoms with E-state index in [1.807, 2.05) is 32.9 Å². The number of urea groups is 1. The van der Waals surface area contributed by atoms with Crippen molar-refractivity contribution in [2.75, 3.05) is 44.6 Å². The van der Waals surface area contributed by atoms with Crippen molar-refractivity contribution in [1.82, 2.24) is 14.7 Å². The average Bonchev–Trinajstić information content (AvgIpc) is 2.90. The van der Waals surface area contributed by atoms with Crippen LogP contribution in [0.3, 0.4) is 0 Å². The Labute approximate surface area is 230 Å². The summed E-state index contributed by atoms with van der Waals surface area (Å²) in [6.45, 7) is 9.16. The fraction of sp³-hybridized carbons (Fsp3) is 0.500. The number of amides is 3. The highest BCUT2D eigenvalue weighted by Crippen LogP contribution is 2.24. The number of anilines is 1. The molecule has 0 saturated carbocycles. The molecule has 2 aromatic rings. The van der Waals surface area contributed by atoms with Crippen LogP contribution in [0, 0.1) is 23.1 Å². The number of likely N-dealkylation sites (tertiary alicyclic amines) is 1. The Morgan fingerprint density at radius 2 is 1.79 bits per heavy atom. The first kappa shape index (κ1) is 28.4. The summed E-state index contributed by atoms with van der Waals surface area (Å²) in [5, 5.41) is 12.0. The first-order chi connectivity index (χ1) is 18.6. The third-order valence-electron chi connectivity index (χ3n) is 7.25. The number of nitriles is 1. The molecule has 39 heavy (non-hydrogen) atoms. The Balaban J connectivity index is 1.38. The quantitative estimate of drug-likeness (QED) is 0.575. The number of halogens is 1. The van der Waals surface area contributed by atoms with Gasteiger partial charge in [-0.25, -0.2) is 14.0 Å². The van der Waals surface area contributed by atoms with Crippen LogP contribution in [0.2, 0.25) is 0 Å². The summed E-state index contributed by atoms with van der Waals surface area (Å²) in [7, 11) is 0. The monoisotopic (exact) mass is 535 g/mol. The first-order valence-corrected chi connectivity index (χ1v) is 13.6. The Morgan fingerprint density at radius 3 is 2.46 bits per heavy atom. The third kappa shape index (κ3) is 8.17. The molecular weight excluding hydrogens is 497 g/mol. The number of hydrogen-bond acceptors (Lipinski definition) is 5. The fourth-order valence-corrected chi connectivity index (χ4v) is 5.25. The van der Waals surface area contributed by atoms with E-state index in [0.29, 0.717) is 43.3 Å². The lowest BCUT2D eigenvalue weighted by Gasteiger charge is -2.44. The molecule has 2 aliphatic heterocycles. The van der Waals surface area contributed by atoms with Gasteiger partial charge in [-0.05, 0) is 94.9 Å². The maximum atomic E-state index is 13.3. The zero-order chi connectivity index (χ0) is 28.0. The van der Waals surface area contributed by atoms with Gasteiger partial charge < -0.3 is 24.8 Å². The Morgan fingerprint density at radius 1 is 1.08 bits per heavy atom. The van der Waals surface area contributed by atoms with E-state index in [-0.39, 0.29) is 24.0 Å². The molecule has 1 unspecified atom stereocenters. The number of benzene rings is 2. The van der Waals surface area contributed by atoms with Crippen molar-refractivity contribution >= 4 is 17.8 Å². The first-order valence-electron chi connectivity index (χ1n) is 13.6. The summed E-state index contributed by atoms with van der Waals surface area (Å²) in [5.41, 5.74) is 1.58. The van der Waals surface area contributed by atoms with Crippen molar-refractivity contribution in [3.05, 3.63) is 65.5 Å². The number of ether oxygens (including phenoxy) is 1. The maximum Gasteiger partial charge on any atom is 0.410 e. The van der Waals surface area contributed by atoms with Gasteiger partial charge in [-0.15, -0.1) is 0 Å². The SMILES string of the molecule is CC(C)(C)OC(=O)N1CCN(C(=O)Nc2cccc(C#N)c2)CC1CN1CCC(Cc2ccc(F)cc2)CC1. The fourth-order valence-electron chi connectivity index (χ4n) is 5.25. The molecule has 8 nitrogen and oxygen atoms in total. The summed E-state index contributed by atoms with van der Waals surface area (Å²) in [6.07, 6.45) is 2.62.